The average molecular weight is 483 g/mol. The fourth-order valence-corrected chi connectivity index (χ4v) is 5.92. The molecular formula is C23H22N4O6S. The summed E-state index contributed by atoms with van der Waals surface area (Å²) in [5, 5.41) is 8.62. The minimum Gasteiger partial charge on any atom is -0.496 e. The number of rotatable bonds is 7. The van der Waals surface area contributed by atoms with Gasteiger partial charge in [-0.3, -0.25) is 9.40 Å². The maximum absolute atomic E-state index is 13.6. The molecule has 0 saturated heterocycles. The molecule has 2 aliphatic rings. The van der Waals surface area contributed by atoms with Gasteiger partial charge < -0.3 is 18.7 Å². The van der Waals surface area contributed by atoms with E-state index in [1.165, 1.54) is 14.2 Å². The Balaban J connectivity index is 1.40. The molecule has 176 valence electrons. The van der Waals surface area contributed by atoms with Crippen molar-refractivity contribution in [2.75, 3.05) is 25.5 Å². The molecule has 1 saturated carbocycles. The summed E-state index contributed by atoms with van der Waals surface area (Å²) in [6.45, 7) is 0.987. The smallest absolute Gasteiger partial charge is 0.270 e. The highest BCUT2D eigenvalue weighted by Crippen LogP contribution is 2.56. The van der Waals surface area contributed by atoms with Crippen LogP contribution in [0.15, 0.2) is 52.1 Å². The molecule has 34 heavy (non-hydrogen) atoms. The molecule has 11 heteroatoms. The van der Waals surface area contributed by atoms with Gasteiger partial charge in [-0.2, -0.15) is 5.10 Å². The number of nitrogens with one attached hydrogen (secondary N) is 1. The van der Waals surface area contributed by atoms with Crippen LogP contribution >= 0.6 is 0 Å². The summed E-state index contributed by atoms with van der Waals surface area (Å²) in [7, 11) is -1.19. The van der Waals surface area contributed by atoms with Crippen molar-refractivity contribution in [3.63, 3.8) is 0 Å². The van der Waals surface area contributed by atoms with Crippen molar-refractivity contribution in [1.82, 2.24) is 14.9 Å². The second kappa shape index (κ2) is 7.66. The van der Waals surface area contributed by atoms with Crippen molar-refractivity contribution >= 4 is 26.8 Å². The number of benzene rings is 2. The minimum atomic E-state index is -4.13. The normalized spacial score (nSPS) is 18.6. The van der Waals surface area contributed by atoms with Crippen LogP contribution < -0.4 is 18.9 Å². The van der Waals surface area contributed by atoms with Gasteiger partial charge >= 0.3 is 0 Å². The predicted molar refractivity (Wildman–Crippen MR) is 122 cm³/mol. The highest BCUT2D eigenvalue weighted by atomic mass is 32.2. The molecule has 2 atom stereocenters. The van der Waals surface area contributed by atoms with Crippen molar-refractivity contribution in [3.8, 4) is 17.2 Å². The van der Waals surface area contributed by atoms with E-state index in [1.54, 1.807) is 29.1 Å². The summed E-state index contributed by atoms with van der Waals surface area (Å²) >= 11 is 0. The number of aromatic nitrogens is 3. The number of nitrogens with zero attached hydrogens (tertiary/aromatic N) is 3. The van der Waals surface area contributed by atoms with Crippen LogP contribution in [-0.2, 0) is 16.6 Å². The van der Waals surface area contributed by atoms with Crippen LogP contribution in [0, 0.1) is 5.92 Å². The summed E-state index contributed by atoms with van der Waals surface area (Å²) in [4.78, 5) is -0.0386. The number of hydrogen-bond acceptors (Lipinski definition) is 8. The Morgan fingerprint density at radius 1 is 1.21 bits per heavy atom. The molecule has 6 rings (SSSR count). The minimum absolute atomic E-state index is 0.0252. The molecule has 1 aliphatic carbocycles. The standard InChI is InChI=1S/C23H22N4O6S/c1-30-17-5-4-15-16-10-14(16)12-32-21(15)22(17)34(28,29)26-23-20-18(31-2)8-13(9-19(20)33-25-23)11-27-7-3-6-24-27/h3-9,14,16H,10-12H2,1-2H3,(H,25,26). The number of sulfonamides is 1. The third-order valence-electron chi connectivity index (χ3n) is 6.31. The number of fused-ring (bicyclic) bond motifs is 4. The Labute approximate surface area is 195 Å². The molecule has 2 unspecified atom stereocenters. The van der Waals surface area contributed by atoms with Crippen LogP contribution in [0.25, 0.3) is 11.0 Å². The fraction of sp³-hybridized carbons (Fsp3) is 0.304. The largest absolute Gasteiger partial charge is 0.496 e. The molecule has 1 N–H and O–H groups in total. The second-order valence-corrected chi connectivity index (χ2v) is 10.1. The lowest BCUT2D eigenvalue weighted by Crippen LogP contribution is -2.19. The van der Waals surface area contributed by atoms with E-state index in [1.807, 2.05) is 18.3 Å². The van der Waals surface area contributed by atoms with E-state index in [0.29, 0.717) is 47.5 Å². The van der Waals surface area contributed by atoms with Gasteiger partial charge in [0.1, 0.15) is 22.6 Å². The van der Waals surface area contributed by atoms with Crippen molar-refractivity contribution in [2.45, 2.75) is 23.8 Å². The Bertz CT molecular complexity index is 1500. The topological polar surface area (TPSA) is 118 Å². The van der Waals surface area contributed by atoms with Crippen LogP contribution in [0.2, 0.25) is 0 Å². The third-order valence-corrected chi connectivity index (χ3v) is 7.70. The van der Waals surface area contributed by atoms with Crippen LogP contribution in [0.3, 0.4) is 0 Å². The Hall–Kier alpha value is -3.73. The maximum Gasteiger partial charge on any atom is 0.270 e. The maximum atomic E-state index is 13.6. The van der Waals surface area contributed by atoms with E-state index in [9.17, 15) is 8.42 Å². The van der Waals surface area contributed by atoms with Gasteiger partial charge in [-0.1, -0.05) is 11.2 Å². The molecule has 0 spiro atoms. The summed E-state index contributed by atoms with van der Waals surface area (Å²) in [6, 6.07) is 8.97. The summed E-state index contributed by atoms with van der Waals surface area (Å²) in [5.41, 5.74) is 2.14. The lowest BCUT2D eigenvalue weighted by Gasteiger charge is -2.21. The van der Waals surface area contributed by atoms with E-state index in [4.69, 9.17) is 18.7 Å². The number of anilines is 1. The van der Waals surface area contributed by atoms with Crippen molar-refractivity contribution < 1.29 is 27.2 Å². The van der Waals surface area contributed by atoms with Gasteiger partial charge in [-0.05, 0) is 47.7 Å². The van der Waals surface area contributed by atoms with Gasteiger partial charge in [-0.25, -0.2) is 8.42 Å². The predicted octanol–water partition coefficient (Wildman–Crippen LogP) is 3.39. The molecule has 4 aromatic rings. The molecule has 3 heterocycles. The number of methoxy groups -OCH3 is 2. The van der Waals surface area contributed by atoms with Gasteiger partial charge in [0.25, 0.3) is 10.0 Å². The Morgan fingerprint density at radius 3 is 2.82 bits per heavy atom. The lowest BCUT2D eigenvalue weighted by molar-refractivity contribution is 0.267. The van der Waals surface area contributed by atoms with E-state index >= 15 is 0 Å². The highest BCUT2D eigenvalue weighted by Gasteiger charge is 2.46. The third kappa shape index (κ3) is 3.35. The van der Waals surface area contributed by atoms with Crippen molar-refractivity contribution in [1.29, 1.82) is 0 Å². The van der Waals surface area contributed by atoms with Crippen LogP contribution in [0.4, 0.5) is 5.82 Å². The van der Waals surface area contributed by atoms with Gasteiger partial charge in [0, 0.05) is 18.3 Å². The summed E-state index contributed by atoms with van der Waals surface area (Å²) in [5.74, 6) is 1.77. The second-order valence-electron chi connectivity index (χ2n) is 8.44. The highest BCUT2D eigenvalue weighted by molar-refractivity contribution is 7.93. The number of hydrogen-bond donors (Lipinski definition) is 1. The lowest BCUT2D eigenvalue weighted by atomic mass is 10.1. The van der Waals surface area contributed by atoms with E-state index in [0.717, 1.165) is 17.5 Å². The van der Waals surface area contributed by atoms with E-state index in [2.05, 4.69) is 15.0 Å². The zero-order valence-corrected chi connectivity index (χ0v) is 19.3. The molecule has 0 amide bonds. The number of ether oxygens (including phenoxy) is 3. The molecule has 10 nitrogen and oxygen atoms in total. The molecular weight excluding hydrogens is 460 g/mol. The Morgan fingerprint density at radius 2 is 2.06 bits per heavy atom. The summed E-state index contributed by atoms with van der Waals surface area (Å²) in [6.07, 6.45) is 4.54. The SMILES string of the molecule is COc1ccc2c(c1S(=O)(=O)Nc1noc3cc(Cn4cccn4)cc(OC)c13)OCC1CC21. The van der Waals surface area contributed by atoms with Gasteiger partial charge in [-0.15, -0.1) is 0 Å². The fourth-order valence-electron chi connectivity index (χ4n) is 4.59. The molecule has 0 radical (unpaired) electrons. The van der Waals surface area contributed by atoms with Gasteiger partial charge in [0.15, 0.2) is 16.3 Å². The van der Waals surface area contributed by atoms with Crippen LogP contribution in [-0.4, -0.2) is 44.2 Å². The van der Waals surface area contributed by atoms with Crippen LogP contribution in [0.5, 0.6) is 17.2 Å². The molecule has 1 aliphatic heterocycles. The van der Waals surface area contributed by atoms with E-state index in [-0.39, 0.29) is 16.5 Å². The zero-order chi connectivity index (χ0) is 23.4. The molecule has 1 fully saturated rings. The van der Waals surface area contributed by atoms with E-state index < -0.39 is 10.0 Å². The van der Waals surface area contributed by atoms with Gasteiger partial charge in [0.2, 0.25) is 0 Å². The zero-order valence-electron chi connectivity index (χ0n) is 18.5. The molecule has 2 aromatic carbocycles. The quantitative estimate of drug-likeness (QED) is 0.426. The monoisotopic (exact) mass is 482 g/mol. The van der Waals surface area contributed by atoms with Crippen molar-refractivity contribution in [3.05, 3.63) is 53.9 Å². The first-order chi connectivity index (χ1) is 16.5. The van der Waals surface area contributed by atoms with Gasteiger partial charge in [0.05, 0.1) is 27.4 Å². The first kappa shape index (κ1) is 20.8. The molecule has 2 aromatic heterocycles. The van der Waals surface area contributed by atoms with Crippen LogP contribution in [0.1, 0.15) is 23.5 Å². The first-order valence-electron chi connectivity index (χ1n) is 10.8. The first-order valence-corrected chi connectivity index (χ1v) is 12.3. The van der Waals surface area contributed by atoms with Crippen molar-refractivity contribution in [2.24, 2.45) is 5.92 Å². The average Bonchev–Trinajstić information content (AvgIpc) is 3.28. The summed E-state index contributed by atoms with van der Waals surface area (Å²) < 4.78 is 53.8. The molecule has 0 bridgehead atoms. The Kier molecular flexibility index (Phi) is 4.70.